The topological polar surface area (TPSA) is 113 Å². The molecule has 0 aromatic rings. The summed E-state index contributed by atoms with van der Waals surface area (Å²) in [6.45, 7) is 6.83. The highest BCUT2D eigenvalue weighted by atomic mass is 16.6. The fourth-order valence-electron chi connectivity index (χ4n) is 4.21. The van der Waals surface area contributed by atoms with Gasteiger partial charge in [0.25, 0.3) is 0 Å². The van der Waals surface area contributed by atoms with Gasteiger partial charge in [0.15, 0.2) is 5.92 Å². The second-order valence-electron chi connectivity index (χ2n) is 7.93. The van der Waals surface area contributed by atoms with Gasteiger partial charge in [0.2, 0.25) is 0 Å². The minimum atomic E-state index is -1.27. The second-order valence-corrected chi connectivity index (χ2v) is 7.93. The lowest BCUT2D eigenvalue weighted by atomic mass is 9.79. The zero-order valence-electron chi connectivity index (χ0n) is 19.5. The molecule has 8 heteroatoms. The summed E-state index contributed by atoms with van der Waals surface area (Å²) in [5.41, 5.74) is 0. The molecule has 180 valence electrons. The number of ether oxygens (including phenoxy) is 3. The number of unbranched alkanes of at least 4 members (excludes halogenated alkanes) is 2. The van der Waals surface area contributed by atoms with Gasteiger partial charge >= 0.3 is 17.9 Å². The van der Waals surface area contributed by atoms with Crippen molar-refractivity contribution in [3.8, 4) is 0 Å². The Balaban J connectivity index is 3.26. The first-order valence-corrected chi connectivity index (χ1v) is 11.5. The molecule has 0 bridgehead atoms. The van der Waals surface area contributed by atoms with Crippen molar-refractivity contribution >= 4 is 30.0 Å². The van der Waals surface area contributed by atoms with Crippen LogP contribution < -0.4 is 0 Å². The molecule has 0 aromatic carbocycles. The fraction of sp³-hybridized carbons (Fsp3) is 0.708. The molecule has 32 heavy (non-hydrogen) atoms. The third-order valence-corrected chi connectivity index (χ3v) is 5.63. The standard InChI is InChI=1S/C24H36O8/c1-5-8-9-10-17(32-16(4)26)11-12-18-19(13-14-25)21(27)15-20(18)22(23(28)30-6-2)24(29)31-7-3/h11-12,14,17-20,22H,5-10,13,15H2,1-4H3/b12-11+/t17-,18?,19+,20?/m0/s1. The van der Waals surface area contributed by atoms with Gasteiger partial charge < -0.3 is 19.0 Å². The number of carbonyl (C=O) groups excluding carboxylic acids is 5. The van der Waals surface area contributed by atoms with E-state index in [0.717, 1.165) is 19.3 Å². The summed E-state index contributed by atoms with van der Waals surface area (Å²) >= 11 is 0. The van der Waals surface area contributed by atoms with Crippen molar-refractivity contribution in [2.45, 2.75) is 72.3 Å². The van der Waals surface area contributed by atoms with E-state index in [1.54, 1.807) is 26.0 Å². The summed E-state index contributed by atoms with van der Waals surface area (Å²) < 4.78 is 15.6. The average molecular weight is 453 g/mol. The Hall–Kier alpha value is -2.51. The lowest BCUT2D eigenvalue weighted by molar-refractivity contribution is -0.165. The van der Waals surface area contributed by atoms with E-state index in [1.165, 1.54) is 6.92 Å². The van der Waals surface area contributed by atoms with Crippen molar-refractivity contribution < 1.29 is 38.2 Å². The molecular formula is C24H36O8. The van der Waals surface area contributed by atoms with Crippen LogP contribution in [0.25, 0.3) is 0 Å². The highest BCUT2D eigenvalue weighted by Gasteiger charge is 2.50. The number of ketones is 1. The first kappa shape index (κ1) is 27.5. The van der Waals surface area contributed by atoms with Crippen LogP contribution in [0.2, 0.25) is 0 Å². The van der Waals surface area contributed by atoms with E-state index in [1.807, 2.05) is 0 Å². The van der Waals surface area contributed by atoms with Crippen molar-refractivity contribution in [3.05, 3.63) is 12.2 Å². The molecule has 0 aliphatic heterocycles. The SMILES string of the molecule is CCCCC[C@@H](/C=C/C1C(C(C(=O)OCC)C(=O)OCC)CC(=O)[C@@H]1CC=O)OC(C)=O. The van der Waals surface area contributed by atoms with Gasteiger partial charge in [0.1, 0.15) is 18.2 Å². The highest BCUT2D eigenvalue weighted by Crippen LogP contribution is 2.42. The Labute approximate surface area is 190 Å². The molecule has 0 N–H and O–H groups in total. The van der Waals surface area contributed by atoms with Crippen LogP contribution in [-0.4, -0.2) is 49.3 Å². The largest absolute Gasteiger partial charge is 0.465 e. The number of hydrogen-bond acceptors (Lipinski definition) is 8. The molecule has 0 heterocycles. The fourth-order valence-corrected chi connectivity index (χ4v) is 4.21. The van der Waals surface area contributed by atoms with E-state index in [0.29, 0.717) is 12.7 Å². The van der Waals surface area contributed by atoms with E-state index in [-0.39, 0.29) is 31.8 Å². The molecule has 1 saturated carbocycles. The van der Waals surface area contributed by atoms with Crippen molar-refractivity contribution in [1.29, 1.82) is 0 Å². The van der Waals surface area contributed by atoms with Crippen LogP contribution in [0.3, 0.4) is 0 Å². The highest BCUT2D eigenvalue weighted by molar-refractivity contribution is 5.97. The molecule has 0 radical (unpaired) electrons. The maximum atomic E-state index is 12.7. The summed E-state index contributed by atoms with van der Waals surface area (Å²) in [5, 5.41) is 0. The van der Waals surface area contributed by atoms with Gasteiger partial charge in [-0.3, -0.25) is 19.2 Å². The number of aldehydes is 1. The predicted octanol–water partition coefficient (Wildman–Crippen LogP) is 3.21. The minimum Gasteiger partial charge on any atom is -0.465 e. The van der Waals surface area contributed by atoms with Crippen LogP contribution >= 0.6 is 0 Å². The number of Topliss-reactive ketones (excluding diaryl/α,β-unsaturated/α-hetero) is 1. The summed E-state index contributed by atoms with van der Waals surface area (Å²) in [5.74, 6) is -5.28. The summed E-state index contributed by atoms with van der Waals surface area (Å²) in [4.78, 5) is 60.7. The Bertz CT molecular complexity index is 665. The van der Waals surface area contributed by atoms with Crippen LogP contribution in [0.4, 0.5) is 0 Å². The van der Waals surface area contributed by atoms with E-state index in [9.17, 15) is 24.0 Å². The van der Waals surface area contributed by atoms with E-state index in [2.05, 4.69) is 6.92 Å². The average Bonchev–Trinajstić information content (AvgIpc) is 3.01. The quantitative estimate of drug-likeness (QED) is 0.0986. The summed E-state index contributed by atoms with van der Waals surface area (Å²) in [6.07, 6.45) is 7.02. The van der Waals surface area contributed by atoms with E-state index < -0.39 is 47.7 Å². The zero-order chi connectivity index (χ0) is 24.1. The van der Waals surface area contributed by atoms with Crippen molar-refractivity contribution in [3.63, 3.8) is 0 Å². The third-order valence-electron chi connectivity index (χ3n) is 5.63. The Morgan fingerprint density at radius 1 is 1.06 bits per heavy atom. The molecule has 1 rings (SSSR count). The maximum Gasteiger partial charge on any atom is 0.320 e. The second kappa shape index (κ2) is 14.5. The molecular weight excluding hydrogens is 416 g/mol. The van der Waals surface area contributed by atoms with Gasteiger partial charge in [-0.05, 0) is 44.6 Å². The van der Waals surface area contributed by atoms with E-state index in [4.69, 9.17) is 14.2 Å². The zero-order valence-corrected chi connectivity index (χ0v) is 19.5. The van der Waals surface area contributed by atoms with Crippen LogP contribution in [0, 0.1) is 23.7 Å². The van der Waals surface area contributed by atoms with Crippen molar-refractivity contribution in [2.24, 2.45) is 23.7 Å². The monoisotopic (exact) mass is 452 g/mol. The van der Waals surface area contributed by atoms with Gasteiger partial charge in [-0.25, -0.2) is 0 Å². The van der Waals surface area contributed by atoms with Gasteiger partial charge in [0.05, 0.1) is 13.2 Å². The number of esters is 3. The molecule has 4 atom stereocenters. The van der Waals surface area contributed by atoms with Crippen LogP contribution in [0.1, 0.15) is 66.2 Å². The van der Waals surface area contributed by atoms with Gasteiger partial charge in [-0.2, -0.15) is 0 Å². The maximum absolute atomic E-state index is 12.7. The minimum absolute atomic E-state index is 0.0171. The summed E-state index contributed by atoms with van der Waals surface area (Å²) in [7, 11) is 0. The number of rotatable bonds is 14. The van der Waals surface area contributed by atoms with Crippen molar-refractivity contribution in [1.82, 2.24) is 0 Å². The molecule has 0 amide bonds. The number of carbonyl (C=O) groups is 5. The molecule has 2 unspecified atom stereocenters. The lowest BCUT2D eigenvalue weighted by Crippen LogP contribution is -2.36. The van der Waals surface area contributed by atoms with Crippen molar-refractivity contribution in [2.75, 3.05) is 13.2 Å². The number of hydrogen-bond donors (Lipinski definition) is 0. The molecule has 1 fully saturated rings. The van der Waals surface area contributed by atoms with E-state index >= 15 is 0 Å². The Kier molecular flexibility index (Phi) is 12.5. The van der Waals surface area contributed by atoms with Gasteiger partial charge in [0, 0.05) is 25.7 Å². The lowest BCUT2D eigenvalue weighted by Gasteiger charge is -2.26. The Morgan fingerprint density at radius 3 is 2.19 bits per heavy atom. The van der Waals surface area contributed by atoms with Gasteiger partial charge in [-0.1, -0.05) is 25.8 Å². The first-order valence-electron chi connectivity index (χ1n) is 11.5. The molecule has 0 saturated heterocycles. The summed E-state index contributed by atoms with van der Waals surface area (Å²) in [6, 6.07) is 0. The van der Waals surface area contributed by atoms with Gasteiger partial charge in [-0.15, -0.1) is 0 Å². The molecule has 0 aromatic heterocycles. The number of allylic oxidation sites excluding steroid dienone is 1. The molecule has 0 spiro atoms. The smallest absolute Gasteiger partial charge is 0.320 e. The normalized spacial score (nSPS) is 21.5. The Morgan fingerprint density at radius 2 is 1.69 bits per heavy atom. The molecule has 1 aliphatic carbocycles. The van der Waals surface area contributed by atoms with Crippen LogP contribution in [0.15, 0.2) is 12.2 Å². The molecule has 1 aliphatic rings. The third kappa shape index (κ3) is 8.20. The van der Waals surface area contributed by atoms with Crippen LogP contribution in [-0.2, 0) is 38.2 Å². The molecule has 8 nitrogen and oxygen atoms in total. The predicted molar refractivity (Wildman–Crippen MR) is 116 cm³/mol. The first-order chi connectivity index (χ1) is 15.3. The van der Waals surface area contributed by atoms with Crippen LogP contribution in [0.5, 0.6) is 0 Å².